The number of carbonyl (C=O) groups excluding carboxylic acids is 1. The van der Waals surface area contributed by atoms with Crippen LogP contribution in [-0.4, -0.2) is 41.5 Å². The smallest absolute Gasteiger partial charge is 0.202 e. The number of hydrogen-bond acceptors (Lipinski definition) is 5. The van der Waals surface area contributed by atoms with Crippen LogP contribution in [-0.2, 0) is 7.05 Å². The van der Waals surface area contributed by atoms with Crippen molar-refractivity contribution in [2.45, 2.75) is 6.92 Å². The van der Waals surface area contributed by atoms with E-state index in [9.17, 15) is 4.79 Å². The van der Waals surface area contributed by atoms with Gasteiger partial charge in [0.2, 0.25) is 5.69 Å². The van der Waals surface area contributed by atoms with E-state index >= 15 is 0 Å². The molecule has 2 N–H and O–H groups in total. The minimum Gasteiger partial charge on any atom is -0.498 e. The molecule has 0 saturated heterocycles. The number of ketones is 1. The van der Waals surface area contributed by atoms with Gasteiger partial charge in [-0.3, -0.25) is 14.5 Å². The van der Waals surface area contributed by atoms with Gasteiger partial charge < -0.3 is 10.5 Å². The van der Waals surface area contributed by atoms with Gasteiger partial charge in [-0.25, -0.2) is 4.85 Å². The number of fused-ring (bicyclic) bond motifs is 1. The molecular weight excluding hydrogens is 378 g/mol. The van der Waals surface area contributed by atoms with Gasteiger partial charge in [0, 0.05) is 35.8 Å². The number of Topliss-reactive ketones (excluding diaryl/α,β-unsaturated/α-hetero) is 1. The van der Waals surface area contributed by atoms with Crippen molar-refractivity contribution in [3.8, 4) is 28.1 Å². The third-order valence-electron chi connectivity index (χ3n) is 5.46. The highest BCUT2D eigenvalue weighted by Crippen LogP contribution is 2.42. The first-order valence-corrected chi connectivity index (χ1v) is 9.49. The molecule has 1 aromatic heterocycles. The van der Waals surface area contributed by atoms with Gasteiger partial charge in [-0.1, -0.05) is 18.2 Å². The average molecular weight is 399 g/mol. The molecule has 0 aliphatic carbocycles. The first-order valence-electron chi connectivity index (χ1n) is 9.49. The fourth-order valence-corrected chi connectivity index (χ4v) is 3.91. The van der Waals surface area contributed by atoms with Gasteiger partial charge in [-0.15, -0.1) is 0 Å². The van der Waals surface area contributed by atoms with E-state index in [4.69, 9.17) is 17.0 Å². The summed E-state index contributed by atoms with van der Waals surface area (Å²) >= 11 is 0. The quantitative estimate of drug-likeness (QED) is 0.680. The maximum absolute atomic E-state index is 12.3. The van der Waals surface area contributed by atoms with Crippen molar-refractivity contribution >= 4 is 17.2 Å². The molecule has 0 atom stereocenters. The van der Waals surface area contributed by atoms with Gasteiger partial charge in [-0.05, 0) is 30.2 Å². The summed E-state index contributed by atoms with van der Waals surface area (Å²) in [5.41, 5.74) is 12.6. The SMILES string of the molecule is [C-]#[N+]c1c(-c2c(-c3ccc4c(c3)C(CN)=NCC4=O)cnn2C)ccc(OC)c1C. The molecule has 0 spiro atoms. The highest BCUT2D eigenvalue weighted by Gasteiger charge is 2.23. The first-order chi connectivity index (χ1) is 14.5. The Bertz CT molecular complexity index is 1250. The minimum absolute atomic E-state index is 0.0127. The van der Waals surface area contributed by atoms with Crippen LogP contribution in [0.3, 0.4) is 0 Å². The van der Waals surface area contributed by atoms with E-state index in [1.54, 1.807) is 18.0 Å². The Balaban J connectivity index is 1.92. The molecule has 7 nitrogen and oxygen atoms in total. The van der Waals surface area contributed by atoms with Gasteiger partial charge >= 0.3 is 0 Å². The molecule has 150 valence electrons. The second-order valence-electron chi connectivity index (χ2n) is 7.08. The van der Waals surface area contributed by atoms with E-state index in [2.05, 4.69) is 14.9 Å². The Hall–Kier alpha value is -3.76. The lowest BCUT2D eigenvalue weighted by atomic mass is 9.91. The zero-order chi connectivity index (χ0) is 21.4. The summed E-state index contributed by atoms with van der Waals surface area (Å²) in [6, 6.07) is 9.41. The molecule has 2 heterocycles. The maximum atomic E-state index is 12.3. The monoisotopic (exact) mass is 399 g/mol. The lowest BCUT2D eigenvalue weighted by molar-refractivity contribution is 0.1000. The van der Waals surface area contributed by atoms with E-state index in [0.717, 1.165) is 39.2 Å². The number of methoxy groups -OCH3 is 1. The van der Waals surface area contributed by atoms with Crippen molar-refractivity contribution in [2.75, 3.05) is 20.2 Å². The number of nitrogens with zero attached hydrogens (tertiary/aromatic N) is 4. The number of rotatable bonds is 4. The fourth-order valence-electron chi connectivity index (χ4n) is 3.91. The summed E-state index contributed by atoms with van der Waals surface area (Å²) in [6.45, 7) is 9.99. The number of ether oxygens (including phenoxy) is 1. The molecule has 7 heteroatoms. The van der Waals surface area contributed by atoms with E-state index in [-0.39, 0.29) is 18.9 Å². The van der Waals surface area contributed by atoms with Crippen LogP contribution in [0.4, 0.5) is 5.69 Å². The number of carbonyl (C=O) groups is 1. The van der Waals surface area contributed by atoms with Crippen LogP contribution in [0.15, 0.2) is 41.5 Å². The Morgan fingerprint density at radius 2 is 1.97 bits per heavy atom. The van der Waals surface area contributed by atoms with Crippen LogP contribution >= 0.6 is 0 Å². The Kier molecular flexibility index (Phi) is 4.94. The van der Waals surface area contributed by atoms with Crippen molar-refractivity contribution < 1.29 is 9.53 Å². The summed E-state index contributed by atoms with van der Waals surface area (Å²) in [7, 11) is 3.44. The summed E-state index contributed by atoms with van der Waals surface area (Å²) in [6.07, 6.45) is 1.77. The van der Waals surface area contributed by atoms with E-state index in [1.165, 1.54) is 0 Å². The van der Waals surface area contributed by atoms with Crippen molar-refractivity contribution in [1.29, 1.82) is 0 Å². The second kappa shape index (κ2) is 7.58. The van der Waals surface area contributed by atoms with Crippen molar-refractivity contribution in [3.05, 3.63) is 64.6 Å². The molecule has 3 aromatic rings. The second-order valence-corrected chi connectivity index (χ2v) is 7.08. The number of nitrogens with two attached hydrogens (primary N) is 1. The van der Waals surface area contributed by atoms with Crippen LogP contribution < -0.4 is 10.5 Å². The molecule has 2 aromatic carbocycles. The molecule has 4 rings (SSSR count). The summed E-state index contributed by atoms with van der Waals surface area (Å²) in [4.78, 5) is 20.3. The number of hydrogen-bond donors (Lipinski definition) is 1. The zero-order valence-corrected chi connectivity index (χ0v) is 17.1. The van der Waals surface area contributed by atoms with Gasteiger partial charge in [0.1, 0.15) is 12.3 Å². The largest absolute Gasteiger partial charge is 0.498 e. The normalized spacial score (nSPS) is 12.9. The van der Waals surface area contributed by atoms with E-state index in [0.29, 0.717) is 17.0 Å². The number of benzene rings is 2. The lowest BCUT2D eigenvalue weighted by Crippen LogP contribution is -2.24. The third kappa shape index (κ3) is 2.98. The lowest BCUT2D eigenvalue weighted by Gasteiger charge is -2.17. The molecular formula is C23H21N5O2. The van der Waals surface area contributed by atoms with E-state index < -0.39 is 0 Å². The predicted molar refractivity (Wildman–Crippen MR) is 116 cm³/mol. The molecule has 0 amide bonds. The highest BCUT2D eigenvalue weighted by molar-refractivity contribution is 6.16. The molecule has 1 aliphatic rings. The summed E-state index contributed by atoms with van der Waals surface area (Å²) < 4.78 is 7.14. The maximum Gasteiger partial charge on any atom is 0.202 e. The van der Waals surface area contributed by atoms with Crippen LogP contribution in [0.5, 0.6) is 5.75 Å². The molecule has 0 radical (unpaired) electrons. The van der Waals surface area contributed by atoms with Crippen LogP contribution in [0.2, 0.25) is 0 Å². The standard InChI is InChI=1S/C23H21N5O2/c1-13-21(30-4)8-7-16(22(13)25-2)23-18(11-27-28(23)3)14-5-6-15-17(9-14)19(10-24)26-12-20(15)29/h5-9,11H,10,12,24H2,1,3-4H3. The highest BCUT2D eigenvalue weighted by atomic mass is 16.5. The number of aromatic nitrogens is 2. The third-order valence-corrected chi connectivity index (χ3v) is 5.46. The van der Waals surface area contributed by atoms with Crippen molar-refractivity contribution in [3.63, 3.8) is 0 Å². The molecule has 30 heavy (non-hydrogen) atoms. The van der Waals surface area contributed by atoms with Gasteiger partial charge in [0.15, 0.2) is 5.78 Å². The van der Waals surface area contributed by atoms with Crippen LogP contribution in [0.1, 0.15) is 21.5 Å². The fraction of sp³-hybridized carbons (Fsp3) is 0.217. The predicted octanol–water partition coefficient (Wildman–Crippen LogP) is 3.57. The van der Waals surface area contributed by atoms with Crippen LogP contribution in [0, 0.1) is 13.5 Å². The van der Waals surface area contributed by atoms with E-state index in [1.807, 2.05) is 44.3 Å². The number of aryl methyl sites for hydroxylation is 1. The topological polar surface area (TPSA) is 86.9 Å². The zero-order valence-electron chi connectivity index (χ0n) is 17.1. The minimum atomic E-state index is -0.0127. The Labute approximate surface area is 174 Å². The van der Waals surface area contributed by atoms with Crippen molar-refractivity contribution in [1.82, 2.24) is 9.78 Å². The summed E-state index contributed by atoms with van der Waals surface area (Å²) in [5, 5.41) is 4.44. The molecule has 0 bridgehead atoms. The summed E-state index contributed by atoms with van der Waals surface area (Å²) in [5.74, 6) is 0.658. The Morgan fingerprint density at radius 3 is 2.67 bits per heavy atom. The first kappa shape index (κ1) is 19.6. The average Bonchev–Trinajstić information content (AvgIpc) is 3.14. The molecule has 1 aliphatic heterocycles. The Morgan fingerprint density at radius 1 is 1.20 bits per heavy atom. The van der Waals surface area contributed by atoms with Crippen LogP contribution in [0.25, 0.3) is 27.2 Å². The molecule has 0 saturated carbocycles. The van der Waals surface area contributed by atoms with Crippen molar-refractivity contribution in [2.24, 2.45) is 17.8 Å². The van der Waals surface area contributed by atoms with Gasteiger partial charge in [0.05, 0.1) is 31.3 Å². The van der Waals surface area contributed by atoms with Gasteiger partial charge in [-0.2, -0.15) is 5.10 Å². The molecule has 0 unspecified atom stereocenters. The molecule has 0 fully saturated rings. The number of aliphatic imine (C=N–C) groups is 1. The van der Waals surface area contributed by atoms with Gasteiger partial charge in [0.25, 0.3) is 0 Å².